The van der Waals surface area contributed by atoms with Crippen molar-refractivity contribution >= 4 is 27.3 Å². The first-order chi connectivity index (χ1) is 8.10. The van der Waals surface area contributed by atoms with Crippen LogP contribution in [0, 0.1) is 11.8 Å². The van der Waals surface area contributed by atoms with Gasteiger partial charge in [-0.25, -0.2) is 0 Å². The summed E-state index contributed by atoms with van der Waals surface area (Å²) in [6, 6.07) is 4.40. The fourth-order valence-electron chi connectivity index (χ4n) is 2.73. The van der Waals surface area contributed by atoms with Gasteiger partial charge in [0.2, 0.25) is 0 Å². The van der Waals surface area contributed by atoms with Gasteiger partial charge in [0.05, 0.1) is 22.4 Å². The molecule has 2 nitrogen and oxygen atoms in total. The first kappa shape index (κ1) is 13.5. The Hall–Kier alpha value is 0.1000. The van der Waals surface area contributed by atoms with Gasteiger partial charge in [-0.2, -0.15) is 0 Å². The topological polar surface area (TPSA) is 21.3 Å². The molecule has 0 bridgehead atoms. The van der Waals surface area contributed by atoms with Crippen LogP contribution >= 0.6 is 27.3 Å². The lowest BCUT2D eigenvalue weighted by Crippen LogP contribution is -2.55. The zero-order chi connectivity index (χ0) is 12.5. The first-order valence-corrected chi connectivity index (χ1v) is 7.69. The fourth-order valence-corrected chi connectivity index (χ4v) is 4.34. The molecule has 1 saturated heterocycles. The van der Waals surface area contributed by atoms with E-state index in [-0.39, 0.29) is 5.41 Å². The average molecular weight is 318 g/mol. The first-order valence-electron chi connectivity index (χ1n) is 6.08. The van der Waals surface area contributed by atoms with Crippen molar-refractivity contribution in [3.05, 3.63) is 20.8 Å². The van der Waals surface area contributed by atoms with Crippen LogP contribution in [0.5, 0.6) is 0 Å². The minimum absolute atomic E-state index is 0.230. The van der Waals surface area contributed by atoms with Crippen molar-refractivity contribution in [1.82, 2.24) is 5.32 Å². The maximum absolute atomic E-state index is 5.54. The monoisotopic (exact) mass is 317 g/mol. The summed E-state index contributed by atoms with van der Waals surface area (Å²) in [6.07, 6.45) is 0. The van der Waals surface area contributed by atoms with Crippen LogP contribution in [-0.2, 0) is 10.2 Å². The Morgan fingerprint density at radius 3 is 2.53 bits per heavy atom. The van der Waals surface area contributed by atoms with Gasteiger partial charge in [0.15, 0.2) is 0 Å². The summed E-state index contributed by atoms with van der Waals surface area (Å²) in [6.45, 7) is 7.40. The summed E-state index contributed by atoms with van der Waals surface area (Å²) < 4.78 is 6.76. The van der Waals surface area contributed by atoms with Gasteiger partial charge < -0.3 is 10.1 Å². The van der Waals surface area contributed by atoms with Gasteiger partial charge in [-0.05, 0) is 53.5 Å². The van der Waals surface area contributed by atoms with E-state index in [9.17, 15) is 0 Å². The van der Waals surface area contributed by atoms with Gasteiger partial charge in [0.25, 0.3) is 0 Å². The molecule has 1 atom stereocenters. The van der Waals surface area contributed by atoms with E-state index in [0.29, 0.717) is 11.8 Å². The number of halogens is 1. The number of thiophene rings is 1. The minimum atomic E-state index is 0.230. The second-order valence-corrected chi connectivity index (χ2v) is 7.62. The van der Waals surface area contributed by atoms with Crippen molar-refractivity contribution in [3.8, 4) is 0 Å². The molecule has 2 rings (SSSR count). The molecule has 1 unspecified atom stereocenters. The second-order valence-electron chi connectivity index (χ2n) is 5.16. The van der Waals surface area contributed by atoms with E-state index in [2.05, 4.69) is 47.2 Å². The van der Waals surface area contributed by atoms with Crippen LogP contribution in [0.15, 0.2) is 15.9 Å². The number of nitrogens with one attached hydrogen (secondary N) is 1. The molecular weight excluding hydrogens is 298 g/mol. The van der Waals surface area contributed by atoms with E-state index < -0.39 is 0 Å². The molecule has 1 N–H and O–H groups in total. The summed E-state index contributed by atoms with van der Waals surface area (Å²) in [7, 11) is 2.03. The van der Waals surface area contributed by atoms with Gasteiger partial charge in [0, 0.05) is 4.88 Å². The van der Waals surface area contributed by atoms with Crippen molar-refractivity contribution in [3.63, 3.8) is 0 Å². The highest BCUT2D eigenvalue weighted by molar-refractivity contribution is 9.11. The van der Waals surface area contributed by atoms with Crippen molar-refractivity contribution < 1.29 is 4.74 Å². The molecule has 1 fully saturated rings. The normalized spacial score (nSPS) is 20.3. The van der Waals surface area contributed by atoms with Crippen LogP contribution in [-0.4, -0.2) is 26.8 Å². The Balaban J connectivity index is 2.29. The second kappa shape index (κ2) is 5.39. The molecule has 1 aliphatic rings. The Kier molecular flexibility index (Phi) is 4.29. The highest BCUT2D eigenvalue weighted by Gasteiger charge is 2.48. The summed E-state index contributed by atoms with van der Waals surface area (Å²) in [5, 5.41) is 3.34. The van der Waals surface area contributed by atoms with Crippen LogP contribution in [0.3, 0.4) is 0 Å². The lowest BCUT2D eigenvalue weighted by atomic mass is 9.67. The molecule has 1 aromatic rings. The molecule has 1 aromatic heterocycles. The van der Waals surface area contributed by atoms with Gasteiger partial charge in [-0.3, -0.25) is 0 Å². The average Bonchev–Trinajstić information content (AvgIpc) is 2.62. The molecule has 4 heteroatoms. The largest absolute Gasteiger partial charge is 0.379 e. The Morgan fingerprint density at radius 1 is 1.47 bits per heavy atom. The quantitative estimate of drug-likeness (QED) is 0.900. The number of hydrogen-bond donors (Lipinski definition) is 1. The molecule has 0 radical (unpaired) electrons. The molecule has 0 aromatic carbocycles. The highest BCUT2D eigenvalue weighted by Crippen LogP contribution is 2.46. The van der Waals surface area contributed by atoms with Gasteiger partial charge in [-0.15, -0.1) is 11.3 Å². The Bertz CT molecular complexity index is 373. The maximum Gasteiger partial charge on any atom is 0.0701 e. The predicted molar refractivity (Wildman–Crippen MR) is 76.8 cm³/mol. The Labute approximate surface area is 116 Å². The summed E-state index contributed by atoms with van der Waals surface area (Å²) >= 11 is 5.42. The smallest absolute Gasteiger partial charge is 0.0701 e. The molecule has 0 amide bonds. The van der Waals surface area contributed by atoms with Gasteiger partial charge in [0.1, 0.15) is 0 Å². The molecule has 1 aliphatic heterocycles. The maximum atomic E-state index is 5.54. The summed E-state index contributed by atoms with van der Waals surface area (Å²) in [5.74, 6) is 1.29. The van der Waals surface area contributed by atoms with Crippen LogP contribution in [0.25, 0.3) is 0 Å². The van der Waals surface area contributed by atoms with Crippen molar-refractivity contribution in [2.24, 2.45) is 11.8 Å². The third-order valence-corrected chi connectivity index (χ3v) is 5.57. The van der Waals surface area contributed by atoms with Gasteiger partial charge in [-0.1, -0.05) is 13.8 Å². The van der Waals surface area contributed by atoms with E-state index >= 15 is 0 Å². The zero-order valence-electron chi connectivity index (χ0n) is 10.6. The van der Waals surface area contributed by atoms with Crippen LogP contribution < -0.4 is 5.32 Å². The predicted octanol–water partition coefficient (Wildman–Crippen LogP) is 3.27. The number of hydrogen-bond acceptors (Lipinski definition) is 3. The van der Waals surface area contributed by atoms with E-state index in [0.717, 1.165) is 19.8 Å². The van der Waals surface area contributed by atoms with E-state index in [1.165, 1.54) is 8.66 Å². The minimum Gasteiger partial charge on any atom is -0.379 e. The van der Waals surface area contributed by atoms with Crippen LogP contribution in [0.4, 0.5) is 0 Å². The Morgan fingerprint density at radius 2 is 2.18 bits per heavy atom. The molecular formula is C13H20BrNOS. The number of ether oxygens (including phenoxy) is 1. The SMILES string of the molecule is CNCC(C(C)C)C1(c2ccc(Br)s2)COC1. The lowest BCUT2D eigenvalue weighted by molar-refractivity contribution is -0.0976. The zero-order valence-corrected chi connectivity index (χ0v) is 13.0. The fraction of sp³-hybridized carbons (Fsp3) is 0.692. The van der Waals surface area contributed by atoms with E-state index in [1.54, 1.807) is 0 Å². The van der Waals surface area contributed by atoms with E-state index in [1.807, 2.05) is 18.4 Å². The highest BCUT2D eigenvalue weighted by atomic mass is 79.9. The molecule has 96 valence electrons. The molecule has 0 saturated carbocycles. The number of rotatable bonds is 5. The lowest BCUT2D eigenvalue weighted by Gasteiger charge is -2.48. The van der Waals surface area contributed by atoms with Crippen LogP contribution in [0.1, 0.15) is 18.7 Å². The molecule has 17 heavy (non-hydrogen) atoms. The molecule has 2 heterocycles. The van der Waals surface area contributed by atoms with Crippen molar-refractivity contribution in [2.75, 3.05) is 26.8 Å². The third-order valence-electron chi connectivity index (χ3n) is 3.72. The summed E-state index contributed by atoms with van der Waals surface area (Å²) in [5.41, 5.74) is 0.230. The van der Waals surface area contributed by atoms with Crippen molar-refractivity contribution in [1.29, 1.82) is 0 Å². The molecule has 0 aliphatic carbocycles. The summed E-state index contributed by atoms with van der Waals surface area (Å²) in [4.78, 5) is 1.46. The molecule has 0 spiro atoms. The standard InChI is InChI=1S/C13H20BrNOS/c1-9(2)10(6-15-3)13(7-16-8-13)11-4-5-12(14)17-11/h4-5,9-10,15H,6-8H2,1-3H3. The van der Waals surface area contributed by atoms with E-state index in [4.69, 9.17) is 4.74 Å². The third kappa shape index (κ3) is 2.46. The van der Waals surface area contributed by atoms with Crippen LogP contribution in [0.2, 0.25) is 0 Å². The van der Waals surface area contributed by atoms with Crippen molar-refractivity contribution in [2.45, 2.75) is 19.3 Å². The van der Waals surface area contributed by atoms with Gasteiger partial charge >= 0.3 is 0 Å².